The van der Waals surface area contributed by atoms with Gasteiger partial charge in [0.05, 0.1) is 47.0 Å². The van der Waals surface area contributed by atoms with Gasteiger partial charge in [0.1, 0.15) is 41.3 Å². The van der Waals surface area contributed by atoms with Crippen LogP contribution in [0.25, 0.3) is 39.0 Å². The summed E-state index contributed by atoms with van der Waals surface area (Å²) in [5.74, 6) is 5.77. The number of carbonyl (C=O) groups excluding carboxylic acids is 1. The topological polar surface area (TPSA) is 203 Å². The van der Waals surface area contributed by atoms with E-state index in [9.17, 15) is 9.18 Å². The molecule has 10 rings (SSSR count). The Balaban J connectivity index is 1.09. The standard InChI is InChI=1S/C41H45F3N16O2/c1-4-62-28-18-55(3)39(61)35-12-24(51-40-47-8-7-32(52-40)29-9-23(43)11-33-36(29)56(19-28)21(2)50-33)17-57(35)37-30-16-48-59(34-6-5-22(42)10-31(34)44)38(30)54-41(53-37)58-25-13-26(58)15-27(14-25)60(46)49-20-45/h5-11,16,20,24-28,35H,4,12-15,17-19,46H2,1-3H3,(H2,45,49)(H,47,51,52)/t24-,25-,26+,27?,28-,35-/m0/s1. The highest BCUT2D eigenvalue weighted by Gasteiger charge is 2.49. The van der Waals surface area contributed by atoms with Gasteiger partial charge >= 0.3 is 0 Å². The lowest BCUT2D eigenvalue weighted by Gasteiger charge is -2.56. The van der Waals surface area contributed by atoms with Crippen molar-refractivity contribution in [1.82, 2.24) is 49.3 Å². The summed E-state index contributed by atoms with van der Waals surface area (Å²) in [6.07, 6.45) is 6.39. The molecule has 0 aliphatic carbocycles. The Kier molecular flexibility index (Phi) is 9.81. The Morgan fingerprint density at radius 2 is 1.82 bits per heavy atom. The van der Waals surface area contributed by atoms with Gasteiger partial charge in [-0.1, -0.05) is 0 Å². The predicted molar refractivity (Wildman–Crippen MR) is 225 cm³/mol. The first-order valence-electron chi connectivity index (χ1n) is 20.6. The van der Waals surface area contributed by atoms with E-state index in [4.69, 9.17) is 36.2 Å². The van der Waals surface area contributed by atoms with E-state index >= 15 is 8.78 Å². The Morgan fingerprint density at radius 3 is 2.60 bits per heavy atom. The number of aromatic nitrogens is 8. The molecule has 3 fully saturated rings. The summed E-state index contributed by atoms with van der Waals surface area (Å²) in [5.41, 5.74) is 8.04. The molecule has 3 saturated heterocycles. The Hall–Kier alpha value is -6.61. The number of fused-ring (bicyclic) bond motifs is 8. The predicted octanol–water partition coefficient (Wildman–Crippen LogP) is 3.47. The highest BCUT2D eigenvalue weighted by atomic mass is 19.1. The molecule has 2 aromatic carbocycles. The van der Waals surface area contributed by atoms with Gasteiger partial charge in [0.2, 0.25) is 17.8 Å². The number of ether oxygens (including phenoxy) is 1. The lowest BCUT2D eigenvalue weighted by atomic mass is 9.77. The number of anilines is 3. The third-order valence-electron chi connectivity index (χ3n) is 12.5. The van der Waals surface area contributed by atoms with Crippen LogP contribution in [-0.4, -0.2) is 125 Å². The average Bonchev–Trinajstić information content (AvgIpc) is 3.95. The lowest BCUT2D eigenvalue weighted by molar-refractivity contribution is -0.133. The lowest BCUT2D eigenvalue weighted by Crippen LogP contribution is -2.65. The monoisotopic (exact) mass is 850 g/mol. The Labute approximate surface area is 353 Å². The number of halogens is 3. The molecule has 6 aromatic rings. The molecule has 18 nitrogen and oxygen atoms in total. The number of hydrogen-bond acceptors (Lipinski definition) is 14. The molecule has 8 heterocycles. The maximum Gasteiger partial charge on any atom is 0.245 e. The molecular weight excluding hydrogens is 806 g/mol. The number of aryl methyl sites for hydroxylation is 1. The number of carbonyl (C=O) groups is 1. The summed E-state index contributed by atoms with van der Waals surface area (Å²) in [7, 11) is 1.75. The zero-order valence-electron chi connectivity index (χ0n) is 34.2. The molecule has 4 aromatic heterocycles. The van der Waals surface area contributed by atoms with Crippen molar-refractivity contribution in [1.29, 1.82) is 0 Å². The fourth-order valence-electron chi connectivity index (χ4n) is 9.80. The molecule has 62 heavy (non-hydrogen) atoms. The summed E-state index contributed by atoms with van der Waals surface area (Å²) < 4.78 is 54.4. The Morgan fingerprint density at radius 1 is 1.00 bits per heavy atom. The van der Waals surface area contributed by atoms with Gasteiger partial charge in [0.15, 0.2) is 11.5 Å². The minimum Gasteiger partial charge on any atom is -0.388 e. The number of benzene rings is 2. The van der Waals surface area contributed by atoms with E-state index in [-0.39, 0.29) is 54.5 Å². The van der Waals surface area contributed by atoms with E-state index in [2.05, 4.69) is 25.4 Å². The van der Waals surface area contributed by atoms with Crippen molar-refractivity contribution in [3.8, 4) is 16.9 Å². The van der Waals surface area contributed by atoms with Crippen molar-refractivity contribution in [2.24, 2.45) is 16.7 Å². The molecule has 0 saturated carbocycles. The van der Waals surface area contributed by atoms with Crippen molar-refractivity contribution < 1.29 is 22.7 Å². The second-order valence-corrected chi connectivity index (χ2v) is 16.4. The first-order chi connectivity index (χ1) is 30.0. The number of hydrazine groups is 1. The van der Waals surface area contributed by atoms with Crippen molar-refractivity contribution in [3.05, 3.63) is 72.1 Å². The van der Waals surface area contributed by atoms with Crippen LogP contribution in [0.3, 0.4) is 0 Å². The minimum absolute atomic E-state index is 0.0000848. The van der Waals surface area contributed by atoms with Crippen LogP contribution in [0.2, 0.25) is 0 Å². The number of hydrazone groups is 1. The fraction of sp³-hybridized carbons (Fsp3) is 0.415. The normalized spacial score (nSPS) is 23.8. The molecule has 0 spiro atoms. The van der Waals surface area contributed by atoms with Crippen molar-refractivity contribution in [2.75, 3.05) is 41.9 Å². The molecule has 322 valence electrons. The van der Waals surface area contributed by atoms with Gasteiger partial charge in [-0.2, -0.15) is 20.2 Å². The van der Waals surface area contributed by atoms with Gasteiger partial charge in [0, 0.05) is 68.8 Å². The van der Waals surface area contributed by atoms with Gasteiger partial charge in [0.25, 0.3) is 0 Å². The molecule has 1 unspecified atom stereocenters. The molecule has 6 atom stereocenters. The first kappa shape index (κ1) is 39.5. The minimum atomic E-state index is -0.819. The number of nitrogens with one attached hydrogen (secondary N) is 1. The van der Waals surface area contributed by atoms with Gasteiger partial charge in [-0.15, -0.1) is 0 Å². The molecule has 4 aliphatic heterocycles. The van der Waals surface area contributed by atoms with Crippen LogP contribution in [0.4, 0.5) is 30.9 Å². The molecule has 4 aliphatic rings. The Bertz CT molecular complexity index is 2730. The largest absolute Gasteiger partial charge is 0.388 e. The van der Waals surface area contributed by atoms with E-state index in [0.717, 1.165) is 24.9 Å². The van der Waals surface area contributed by atoms with Crippen LogP contribution in [0.5, 0.6) is 0 Å². The quantitative estimate of drug-likeness (QED) is 0.0912. The summed E-state index contributed by atoms with van der Waals surface area (Å²) in [6.45, 7) is 4.98. The number of rotatable bonds is 7. The zero-order chi connectivity index (χ0) is 43.0. The number of piperidine rings is 1. The molecule has 1 amide bonds. The highest BCUT2D eigenvalue weighted by molar-refractivity contribution is 5.94. The van der Waals surface area contributed by atoms with Crippen LogP contribution in [0.15, 0.2) is 53.9 Å². The highest BCUT2D eigenvalue weighted by Crippen LogP contribution is 2.44. The summed E-state index contributed by atoms with van der Waals surface area (Å²) in [4.78, 5) is 45.0. The van der Waals surface area contributed by atoms with Gasteiger partial charge in [-0.05, 0) is 63.8 Å². The summed E-state index contributed by atoms with van der Waals surface area (Å²) >= 11 is 0. The summed E-state index contributed by atoms with van der Waals surface area (Å²) in [6, 6.07) is 6.70. The second kappa shape index (κ2) is 15.4. The van der Waals surface area contributed by atoms with E-state index < -0.39 is 29.6 Å². The number of nitrogens with two attached hydrogens (primary N) is 2. The van der Waals surface area contributed by atoms with Crippen LogP contribution in [0, 0.1) is 24.4 Å². The maximum atomic E-state index is 15.5. The average molecular weight is 851 g/mol. The maximum absolute atomic E-state index is 15.5. The molecule has 21 heteroatoms. The number of hydrogen-bond donors (Lipinski definition) is 3. The van der Waals surface area contributed by atoms with Crippen molar-refractivity contribution in [2.45, 2.75) is 82.4 Å². The van der Waals surface area contributed by atoms with E-state index in [1.54, 1.807) is 30.4 Å². The van der Waals surface area contributed by atoms with Crippen LogP contribution < -0.4 is 26.7 Å². The smallest absolute Gasteiger partial charge is 0.245 e. The van der Waals surface area contributed by atoms with Gasteiger partial charge < -0.3 is 35.1 Å². The number of nitrogens with zero attached hydrogens (tertiary/aromatic N) is 13. The summed E-state index contributed by atoms with van der Waals surface area (Å²) in [5, 5.41) is 13.9. The van der Waals surface area contributed by atoms with Crippen LogP contribution >= 0.6 is 0 Å². The zero-order valence-corrected chi connectivity index (χ0v) is 34.2. The van der Waals surface area contributed by atoms with Gasteiger partial charge in [-0.25, -0.2) is 43.8 Å². The van der Waals surface area contributed by atoms with Crippen LogP contribution in [0.1, 0.15) is 38.4 Å². The number of likely N-dealkylation sites (N-methyl/N-ethyl adjacent to an activating group) is 1. The van der Waals surface area contributed by atoms with E-state index in [0.29, 0.717) is 83.6 Å². The molecule has 5 N–H and O–H groups in total. The van der Waals surface area contributed by atoms with Crippen molar-refractivity contribution in [3.63, 3.8) is 0 Å². The van der Waals surface area contributed by atoms with E-state index in [1.165, 1.54) is 28.0 Å². The van der Waals surface area contributed by atoms with Gasteiger partial charge in [-0.3, -0.25) is 4.79 Å². The third-order valence-corrected chi connectivity index (χ3v) is 12.5. The van der Waals surface area contributed by atoms with E-state index in [1.807, 2.05) is 23.3 Å². The third kappa shape index (κ3) is 6.75. The first-order valence-corrected chi connectivity index (χ1v) is 20.6. The molecule has 6 bridgehead atoms. The molecule has 0 radical (unpaired) electrons. The number of amides is 1. The number of imidazole rings is 1. The molecular formula is C41H45F3N16O2. The SMILES string of the molecule is CCO[C@H]1CN(C)C(=O)[C@@H]2C[C@@H](CN2c2nc(N3[C@@H]4CC(N(N)/N=C\N)C[C@H]3C4)nc3c2cnn3-c2ccc(F)cc2F)Nc2nccc(n2)-c2cc(F)cc3nc(C)n(c23)C1. The van der Waals surface area contributed by atoms with Crippen LogP contribution in [-0.2, 0) is 16.1 Å². The second-order valence-electron chi connectivity index (χ2n) is 16.4. The van der Waals surface area contributed by atoms with Crippen molar-refractivity contribution >= 4 is 52.0 Å². The fourth-order valence-corrected chi connectivity index (χ4v) is 9.80.